The Morgan fingerprint density at radius 1 is 1.10 bits per heavy atom. The van der Waals surface area contributed by atoms with Crippen molar-refractivity contribution in [2.45, 2.75) is 13.0 Å². The summed E-state index contributed by atoms with van der Waals surface area (Å²) in [6.45, 7) is 3.05. The fraction of sp³-hybridized carbons (Fsp3) is 0.500. The van der Waals surface area contributed by atoms with Crippen molar-refractivity contribution in [3.63, 3.8) is 0 Å². The highest BCUT2D eigenvalue weighted by Crippen LogP contribution is 2.05. The van der Waals surface area contributed by atoms with Crippen LogP contribution in [0.3, 0.4) is 0 Å². The van der Waals surface area contributed by atoms with Crippen LogP contribution < -0.4 is 0 Å². The summed E-state index contributed by atoms with van der Waals surface area (Å²) in [5.41, 5.74) is 1.97. The molecule has 0 aliphatic carbocycles. The second-order valence-electron chi connectivity index (χ2n) is 4.17. The molecule has 0 bridgehead atoms. The molecule has 0 amide bonds. The average Bonchev–Trinajstić information content (AvgIpc) is 2.48. The van der Waals surface area contributed by atoms with Gasteiger partial charge in [0.25, 0.3) is 0 Å². The molecule has 0 atom stereocenters. The summed E-state index contributed by atoms with van der Waals surface area (Å²) in [5, 5.41) is 8.66. The Morgan fingerprint density at radius 2 is 1.95 bits per heavy atom. The molecule has 110 valence electrons. The summed E-state index contributed by atoms with van der Waals surface area (Å²) in [6, 6.07) is 7.82. The summed E-state index contributed by atoms with van der Waals surface area (Å²) in [7, 11) is 1.66. The SMILES string of the molecule is COCCOCCCOCc1cccc(C#CCO)c1. The molecule has 1 aromatic rings. The average molecular weight is 278 g/mol. The molecule has 0 heterocycles. The van der Waals surface area contributed by atoms with E-state index < -0.39 is 0 Å². The van der Waals surface area contributed by atoms with E-state index in [0.717, 1.165) is 17.5 Å². The monoisotopic (exact) mass is 278 g/mol. The van der Waals surface area contributed by atoms with Crippen LogP contribution in [-0.4, -0.2) is 45.3 Å². The van der Waals surface area contributed by atoms with Crippen LogP contribution in [0, 0.1) is 11.8 Å². The minimum Gasteiger partial charge on any atom is -0.384 e. The van der Waals surface area contributed by atoms with Gasteiger partial charge in [-0.3, -0.25) is 0 Å². The van der Waals surface area contributed by atoms with E-state index in [1.165, 1.54) is 0 Å². The highest BCUT2D eigenvalue weighted by molar-refractivity contribution is 5.36. The van der Waals surface area contributed by atoms with E-state index >= 15 is 0 Å². The second kappa shape index (κ2) is 11.4. The summed E-state index contributed by atoms with van der Waals surface area (Å²) >= 11 is 0. The second-order valence-corrected chi connectivity index (χ2v) is 4.17. The molecule has 20 heavy (non-hydrogen) atoms. The maximum absolute atomic E-state index is 8.66. The van der Waals surface area contributed by atoms with Crippen molar-refractivity contribution in [2.24, 2.45) is 0 Å². The normalized spacial score (nSPS) is 10.1. The van der Waals surface area contributed by atoms with Gasteiger partial charge in [-0.15, -0.1) is 0 Å². The van der Waals surface area contributed by atoms with Crippen LogP contribution >= 0.6 is 0 Å². The third kappa shape index (κ3) is 7.93. The van der Waals surface area contributed by atoms with Gasteiger partial charge in [-0.25, -0.2) is 0 Å². The van der Waals surface area contributed by atoms with Gasteiger partial charge in [0, 0.05) is 25.9 Å². The lowest BCUT2D eigenvalue weighted by Crippen LogP contribution is -2.05. The Labute approximate surface area is 120 Å². The zero-order chi connectivity index (χ0) is 14.5. The summed E-state index contributed by atoms with van der Waals surface area (Å²) in [5.74, 6) is 5.51. The van der Waals surface area contributed by atoms with E-state index in [-0.39, 0.29) is 6.61 Å². The Balaban J connectivity index is 2.15. The molecule has 0 unspecified atom stereocenters. The van der Waals surface area contributed by atoms with E-state index in [0.29, 0.717) is 33.0 Å². The number of aliphatic hydroxyl groups excluding tert-OH is 1. The number of benzene rings is 1. The van der Waals surface area contributed by atoms with Gasteiger partial charge >= 0.3 is 0 Å². The molecule has 1 aromatic carbocycles. The molecule has 1 N–H and O–H groups in total. The number of rotatable bonds is 9. The van der Waals surface area contributed by atoms with Gasteiger partial charge in [0.2, 0.25) is 0 Å². The van der Waals surface area contributed by atoms with Crippen molar-refractivity contribution in [2.75, 3.05) is 40.1 Å². The van der Waals surface area contributed by atoms with Gasteiger partial charge in [0.05, 0.1) is 19.8 Å². The minimum atomic E-state index is -0.121. The van der Waals surface area contributed by atoms with Crippen LogP contribution in [0.15, 0.2) is 24.3 Å². The number of hydrogen-bond donors (Lipinski definition) is 1. The molecule has 0 radical (unpaired) electrons. The summed E-state index contributed by atoms with van der Waals surface area (Å²) in [4.78, 5) is 0. The van der Waals surface area contributed by atoms with E-state index in [1.807, 2.05) is 24.3 Å². The first-order valence-electron chi connectivity index (χ1n) is 6.70. The van der Waals surface area contributed by atoms with Gasteiger partial charge in [-0.2, -0.15) is 0 Å². The molecule has 0 aliphatic rings. The van der Waals surface area contributed by atoms with Crippen molar-refractivity contribution in [3.05, 3.63) is 35.4 Å². The van der Waals surface area contributed by atoms with Crippen LogP contribution in [0.5, 0.6) is 0 Å². The molecular weight excluding hydrogens is 256 g/mol. The van der Waals surface area contributed by atoms with Crippen molar-refractivity contribution < 1.29 is 19.3 Å². The lowest BCUT2D eigenvalue weighted by Gasteiger charge is -2.06. The Hall–Kier alpha value is -1.38. The van der Waals surface area contributed by atoms with E-state index in [4.69, 9.17) is 19.3 Å². The van der Waals surface area contributed by atoms with E-state index in [1.54, 1.807) is 7.11 Å². The molecule has 0 aromatic heterocycles. The molecular formula is C16H22O4. The Morgan fingerprint density at radius 3 is 2.75 bits per heavy atom. The first-order valence-corrected chi connectivity index (χ1v) is 6.70. The summed E-state index contributed by atoms with van der Waals surface area (Å²) < 4.78 is 15.8. The zero-order valence-corrected chi connectivity index (χ0v) is 11.9. The molecule has 0 saturated heterocycles. The molecule has 4 nitrogen and oxygen atoms in total. The lowest BCUT2D eigenvalue weighted by atomic mass is 10.1. The lowest BCUT2D eigenvalue weighted by molar-refractivity contribution is 0.0483. The van der Waals surface area contributed by atoms with E-state index in [9.17, 15) is 0 Å². The predicted octanol–water partition coefficient (Wildman–Crippen LogP) is 1.60. The Bertz CT molecular complexity index is 420. The minimum absolute atomic E-state index is 0.121. The third-order valence-corrected chi connectivity index (χ3v) is 2.52. The molecule has 0 fully saturated rings. The zero-order valence-electron chi connectivity index (χ0n) is 11.9. The smallest absolute Gasteiger partial charge is 0.104 e. The van der Waals surface area contributed by atoms with E-state index in [2.05, 4.69) is 11.8 Å². The predicted molar refractivity (Wildman–Crippen MR) is 77.4 cm³/mol. The maximum Gasteiger partial charge on any atom is 0.104 e. The number of aliphatic hydroxyl groups is 1. The maximum atomic E-state index is 8.66. The standard InChI is InChI=1S/C16H22O4/c1-18-11-12-19-9-4-10-20-14-16-6-2-5-15(13-16)7-3-8-17/h2,5-6,13,17H,4,8-12,14H2,1H3. The fourth-order valence-electron chi connectivity index (χ4n) is 1.58. The highest BCUT2D eigenvalue weighted by Gasteiger charge is 1.95. The van der Waals surface area contributed by atoms with Crippen LogP contribution in [0.4, 0.5) is 0 Å². The molecule has 1 rings (SSSR count). The van der Waals surface area contributed by atoms with Gasteiger partial charge in [0.15, 0.2) is 0 Å². The van der Waals surface area contributed by atoms with Gasteiger partial charge < -0.3 is 19.3 Å². The third-order valence-electron chi connectivity index (χ3n) is 2.52. The van der Waals surface area contributed by atoms with Crippen LogP contribution in [-0.2, 0) is 20.8 Å². The highest BCUT2D eigenvalue weighted by atomic mass is 16.5. The van der Waals surface area contributed by atoms with Crippen LogP contribution in [0.2, 0.25) is 0 Å². The van der Waals surface area contributed by atoms with Gasteiger partial charge in [-0.05, 0) is 24.1 Å². The van der Waals surface area contributed by atoms with Gasteiger partial charge in [-0.1, -0.05) is 24.0 Å². The quantitative estimate of drug-likeness (QED) is 0.550. The summed E-state index contributed by atoms with van der Waals surface area (Å²) in [6.07, 6.45) is 0.869. The first kappa shape index (κ1) is 16.7. The fourth-order valence-corrected chi connectivity index (χ4v) is 1.58. The number of methoxy groups -OCH3 is 1. The number of ether oxygens (including phenoxy) is 3. The van der Waals surface area contributed by atoms with Crippen molar-refractivity contribution in [3.8, 4) is 11.8 Å². The first-order chi connectivity index (χ1) is 9.86. The topological polar surface area (TPSA) is 47.9 Å². The van der Waals surface area contributed by atoms with Crippen LogP contribution in [0.25, 0.3) is 0 Å². The largest absolute Gasteiger partial charge is 0.384 e. The van der Waals surface area contributed by atoms with Crippen molar-refractivity contribution in [1.82, 2.24) is 0 Å². The molecule has 4 heteroatoms. The van der Waals surface area contributed by atoms with Gasteiger partial charge in [0.1, 0.15) is 6.61 Å². The molecule has 0 saturated carbocycles. The van der Waals surface area contributed by atoms with Crippen molar-refractivity contribution >= 4 is 0 Å². The number of hydrogen-bond acceptors (Lipinski definition) is 4. The Kier molecular flexibility index (Phi) is 9.54. The molecule has 0 spiro atoms. The van der Waals surface area contributed by atoms with Crippen molar-refractivity contribution in [1.29, 1.82) is 0 Å². The van der Waals surface area contributed by atoms with Crippen LogP contribution in [0.1, 0.15) is 17.5 Å². The molecule has 0 aliphatic heterocycles.